The zero-order valence-corrected chi connectivity index (χ0v) is 5.80. The molecule has 0 nitrogen and oxygen atoms in total. The molecule has 2 unspecified atom stereocenters. The minimum atomic E-state index is 0.748. The summed E-state index contributed by atoms with van der Waals surface area (Å²) in [5, 5.41) is 0. The van der Waals surface area contributed by atoms with Gasteiger partial charge in [-0.05, 0) is 24.7 Å². The number of hydrogen-bond donors (Lipinski definition) is 0. The molecule has 0 aromatic heterocycles. The fraction of sp³-hybridized carbons (Fsp3) is 0.556. The highest BCUT2D eigenvalue weighted by atomic mass is 14.3. The summed E-state index contributed by atoms with van der Waals surface area (Å²) in [4.78, 5) is 0. The maximum atomic E-state index is 2.41. The molecule has 0 heteroatoms. The topological polar surface area (TPSA) is 0 Å². The van der Waals surface area contributed by atoms with E-state index in [0.29, 0.717) is 0 Å². The van der Waals surface area contributed by atoms with Crippen LogP contribution in [0, 0.1) is 11.8 Å². The van der Waals surface area contributed by atoms with Gasteiger partial charge in [0.05, 0.1) is 0 Å². The Bertz CT molecular complexity index is 174. The molecule has 0 saturated carbocycles. The fourth-order valence-electron chi connectivity index (χ4n) is 1.89. The van der Waals surface area contributed by atoms with E-state index in [2.05, 4.69) is 25.2 Å². The van der Waals surface area contributed by atoms with Crippen LogP contribution in [0.25, 0.3) is 0 Å². The van der Waals surface area contributed by atoms with Gasteiger partial charge in [0.15, 0.2) is 0 Å². The Kier molecular flexibility index (Phi) is 1.01. The molecule has 0 fully saturated rings. The molecule has 0 aromatic carbocycles. The highest BCUT2D eigenvalue weighted by Crippen LogP contribution is 2.37. The lowest BCUT2D eigenvalue weighted by Crippen LogP contribution is -1.93. The van der Waals surface area contributed by atoms with Gasteiger partial charge in [0, 0.05) is 0 Å². The molecule has 0 radical (unpaired) electrons. The van der Waals surface area contributed by atoms with Crippen molar-refractivity contribution in [1.82, 2.24) is 0 Å². The molecule has 2 aliphatic carbocycles. The van der Waals surface area contributed by atoms with Crippen LogP contribution in [0.3, 0.4) is 0 Å². The standard InChI is InChI=1S/C9H12/c1-7-5-6-8-3-2-4-9(7)8/h4-8H,2-3H2,1H3. The average Bonchev–Trinajstić information content (AvgIpc) is 2.35. The van der Waals surface area contributed by atoms with Gasteiger partial charge in [-0.15, -0.1) is 0 Å². The van der Waals surface area contributed by atoms with E-state index in [1.165, 1.54) is 12.8 Å². The van der Waals surface area contributed by atoms with E-state index in [4.69, 9.17) is 0 Å². The summed E-state index contributed by atoms with van der Waals surface area (Å²) < 4.78 is 0. The number of allylic oxidation sites excluding steroid dienone is 4. The average molecular weight is 120 g/mol. The predicted octanol–water partition coefficient (Wildman–Crippen LogP) is 2.53. The van der Waals surface area contributed by atoms with Gasteiger partial charge in [-0.1, -0.05) is 30.7 Å². The van der Waals surface area contributed by atoms with Gasteiger partial charge in [-0.2, -0.15) is 0 Å². The quantitative estimate of drug-likeness (QED) is 0.431. The van der Waals surface area contributed by atoms with E-state index in [1.807, 2.05) is 0 Å². The van der Waals surface area contributed by atoms with Crippen molar-refractivity contribution in [3.63, 3.8) is 0 Å². The molecule has 0 aromatic rings. The fourth-order valence-corrected chi connectivity index (χ4v) is 1.89. The molecule has 0 spiro atoms. The van der Waals surface area contributed by atoms with Gasteiger partial charge in [0.1, 0.15) is 0 Å². The Balaban J connectivity index is 2.29. The SMILES string of the molecule is CC1C=CC2CCC=C12. The van der Waals surface area contributed by atoms with Crippen LogP contribution in [0.15, 0.2) is 23.8 Å². The second-order valence-corrected chi connectivity index (χ2v) is 3.06. The summed E-state index contributed by atoms with van der Waals surface area (Å²) in [6.07, 6.45) is 9.79. The van der Waals surface area contributed by atoms with Crippen molar-refractivity contribution in [2.75, 3.05) is 0 Å². The molecular weight excluding hydrogens is 108 g/mol. The third-order valence-corrected chi connectivity index (χ3v) is 2.44. The normalized spacial score (nSPS) is 39.0. The molecule has 48 valence electrons. The molecule has 2 rings (SSSR count). The molecule has 0 bridgehead atoms. The van der Waals surface area contributed by atoms with E-state index in [0.717, 1.165) is 11.8 Å². The monoisotopic (exact) mass is 120 g/mol. The maximum absolute atomic E-state index is 2.41. The molecule has 9 heavy (non-hydrogen) atoms. The van der Waals surface area contributed by atoms with Crippen LogP contribution in [-0.2, 0) is 0 Å². The summed E-state index contributed by atoms with van der Waals surface area (Å²) in [7, 11) is 0. The van der Waals surface area contributed by atoms with Crippen molar-refractivity contribution >= 4 is 0 Å². The first-order valence-electron chi connectivity index (χ1n) is 3.76. The van der Waals surface area contributed by atoms with Gasteiger partial charge in [-0.3, -0.25) is 0 Å². The van der Waals surface area contributed by atoms with E-state index in [1.54, 1.807) is 5.57 Å². The highest BCUT2D eigenvalue weighted by Gasteiger charge is 2.24. The van der Waals surface area contributed by atoms with Gasteiger partial charge in [0.2, 0.25) is 0 Å². The Morgan fingerprint density at radius 1 is 1.44 bits per heavy atom. The lowest BCUT2D eigenvalue weighted by atomic mass is 10.0. The Hall–Kier alpha value is -0.520. The lowest BCUT2D eigenvalue weighted by Gasteiger charge is -2.04. The van der Waals surface area contributed by atoms with Crippen LogP contribution in [-0.4, -0.2) is 0 Å². The number of hydrogen-bond acceptors (Lipinski definition) is 0. The van der Waals surface area contributed by atoms with Crippen molar-refractivity contribution in [1.29, 1.82) is 0 Å². The number of fused-ring (bicyclic) bond motifs is 1. The Morgan fingerprint density at radius 2 is 2.33 bits per heavy atom. The van der Waals surface area contributed by atoms with E-state index in [9.17, 15) is 0 Å². The Labute approximate surface area is 56.3 Å². The Morgan fingerprint density at radius 3 is 3.11 bits per heavy atom. The van der Waals surface area contributed by atoms with Crippen LogP contribution < -0.4 is 0 Å². The third kappa shape index (κ3) is 0.658. The van der Waals surface area contributed by atoms with Crippen LogP contribution in [0.5, 0.6) is 0 Å². The maximum Gasteiger partial charge on any atom is -0.00143 e. The molecule has 0 heterocycles. The highest BCUT2D eigenvalue weighted by molar-refractivity contribution is 5.30. The summed E-state index contributed by atoms with van der Waals surface area (Å²) >= 11 is 0. The van der Waals surface area contributed by atoms with Gasteiger partial charge in [-0.25, -0.2) is 0 Å². The van der Waals surface area contributed by atoms with Crippen molar-refractivity contribution in [3.05, 3.63) is 23.8 Å². The van der Waals surface area contributed by atoms with Gasteiger partial charge < -0.3 is 0 Å². The van der Waals surface area contributed by atoms with Crippen LogP contribution in [0.4, 0.5) is 0 Å². The smallest absolute Gasteiger partial charge is 0.00143 e. The minimum absolute atomic E-state index is 0.748. The lowest BCUT2D eigenvalue weighted by molar-refractivity contribution is 0.716. The summed E-state index contributed by atoms with van der Waals surface area (Å²) in [5.74, 6) is 1.58. The number of rotatable bonds is 0. The zero-order chi connectivity index (χ0) is 6.27. The zero-order valence-electron chi connectivity index (χ0n) is 5.80. The molecular formula is C9H12. The van der Waals surface area contributed by atoms with Crippen LogP contribution in [0.2, 0.25) is 0 Å². The molecule has 2 atom stereocenters. The predicted molar refractivity (Wildman–Crippen MR) is 39.1 cm³/mol. The van der Waals surface area contributed by atoms with Crippen molar-refractivity contribution in [2.45, 2.75) is 19.8 Å². The first kappa shape index (κ1) is 5.28. The van der Waals surface area contributed by atoms with Crippen molar-refractivity contribution in [3.8, 4) is 0 Å². The third-order valence-electron chi connectivity index (χ3n) is 2.44. The van der Waals surface area contributed by atoms with Crippen molar-refractivity contribution < 1.29 is 0 Å². The summed E-state index contributed by atoms with van der Waals surface area (Å²) in [6.45, 7) is 2.29. The summed E-state index contributed by atoms with van der Waals surface area (Å²) in [5.41, 5.74) is 1.68. The first-order chi connectivity index (χ1) is 4.38. The molecule has 0 amide bonds. The molecule has 2 aliphatic rings. The molecule has 0 aliphatic heterocycles. The second-order valence-electron chi connectivity index (χ2n) is 3.06. The first-order valence-corrected chi connectivity index (χ1v) is 3.76. The minimum Gasteiger partial charge on any atom is -0.0841 e. The van der Waals surface area contributed by atoms with Crippen molar-refractivity contribution in [2.24, 2.45) is 11.8 Å². The van der Waals surface area contributed by atoms with Gasteiger partial charge in [0.25, 0.3) is 0 Å². The van der Waals surface area contributed by atoms with Crippen LogP contribution in [0.1, 0.15) is 19.8 Å². The molecule has 0 saturated heterocycles. The largest absolute Gasteiger partial charge is 0.0841 e. The second kappa shape index (κ2) is 1.73. The van der Waals surface area contributed by atoms with Crippen LogP contribution >= 0.6 is 0 Å². The van der Waals surface area contributed by atoms with E-state index < -0.39 is 0 Å². The molecule has 0 N–H and O–H groups in total. The summed E-state index contributed by atoms with van der Waals surface area (Å²) in [6, 6.07) is 0. The van der Waals surface area contributed by atoms with E-state index in [-0.39, 0.29) is 0 Å². The van der Waals surface area contributed by atoms with Gasteiger partial charge >= 0.3 is 0 Å². The van der Waals surface area contributed by atoms with E-state index >= 15 is 0 Å².